The van der Waals surface area contributed by atoms with Crippen LogP contribution in [-0.4, -0.2) is 29.2 Å². The summed E-state index contributed by atoms with van der Waals surface area (Å²) >= 11 is 0. The third-order valence-electron chi connectivity index (χ3n) is 1.29. The van der Waals surface area contributed by atoms with E-state index in [-0.39, 0.29) is 5.57 Å². The maximum Gasteiger partial charge on any atom is 0.822 e. The first-order valence-electron chi connectivity index (χ1n) is 3.79. The van der Waals surface area contributed by atoms with Crippen LogP contribution in [0, 0.1) is 0 Å². The Morgan fingerprint density at radius 1 is 1.36 bits per heavy atom. The van der Waals surface area contributed by atoms with Crippen molar-refractivity contribution < 1.29 is 22.5 Å². The van der Waals surface area contributed by atoms with Gasteiger partial charge in [0.05, 0.1) is 6.26 Å². The van der Waals surface area contributed by atoms with Crippen molar-refractivity contribution in [3.63, 3.8) is 0 Å². The second kappa shape index (κ2) is 5.58. The number of hydrogen-bond donors (Lipinski definition) is 0. The third-order valence-corrected chi connectivity index (χ3v) is 3.18. The Bertz CT molecular complexity index is 234. The highest BCUT2D eigenvalue weighted by Gasteiger charge is 2.50. The first-order chi connectivity index (χ1) is 6.51. The lowest BCUT2D eigenvalue weighted by molar-refractivity contribution is -0.137. The smallest absolute Gasteiger partial charge is 0.478 e. The molecule has 0 aliphatic rings. The van der Waals surface area contributed by atoms with Gasteiger partial charge >= 0.3 is 15.0 Å². The molecule has 6 heteroatoms. The van der Waals surface area contributed by atoms with Crippen molar-refractivity contribution in [2.75, 3.05) is 14.2 Å². The molecule has 0 aromatic carbocycles. The normalized spacial score (nSPS) is 10.5. The molecule has 0 amide bonds. The highest BCUT2D eigenvalue weighted by molar-refractivity contribution is 6.56. The monoisotopic (exact) mass is 218 g/mol. The van der Waals surface area contributed by atoms with Crippen LogP contribution >= 0.6 is 0 Å². The number of rotatable bonds is 6. The average Bonchev–Trinajstić information content (AvgIpc) is 2.16. The summed E-state index contributed by atoms with van der Waals surface area (Å²) in [7, 11) is -0.749. The van der Waals surface area contributed by atoms with E-state index in [1.165, 1.54) is 21.1 Å². The van der Waals surface area contributed by atoms with E-state index < -0.39 is 15.0 Å². The van der Waals surface area contributed by atoms with Crippen molar-refractivity contribution in [1.29, 1.82) is 0 Å². The van der Waals surface area contributed by atoms with Gasteiger partial charge in [-0.2, -0.15) is 0 Å². The minimum atomic E-state index is -3.40. The van der Waals surface area contributed by atoms with Crippen LogP contribution in [0.5, 0.6) is 0 Å². The SMILES string of the molecule is C=CO[Si](OC)(OC)OC(=O)C(=C)C. The Balaban J connectivity index is 4.57. The molecule has 0 spiro atoms. The van der Waals surface area contributed by atoms with E-state index in [9.17, 15) is 4.79 Å². The van der Waals surface area contributed by atoms with Crippen LogP contribution in [0.15, 0.2) is 25.0 Å². The predicted molar refractivity (Wildman–Crippen MR) is 52.0 cm³/mol. The fourth-order valence-electron chi connectivity index (χ4n) is 0.590. The Morgan fingerprint density at radius 2 is 1.86 bits per heavy atom. The van der Waals surface area contributed by atoms with E-state index in [4.69, 9.17) is 17.7 Å². The van der Waals surface area contributed by atoms with Gasteiger partial charge < -0.3 is 17.7 Å². The molecule has 0 N–H and O–H groups in total. The molecule has 0 aliphatic heterocycles. The van der Waals surface area contributed by atoms with Crippen LogP contribution < -0.4 is 0 Å². The standard InChI is InChI=1S/C8H14O5Si/c1-6-12-14(10-4,11-5)13-8(9)7(2)3/h6H,1-2H2,3-5H3. The third kappa shape index (κ3) is 3.33. The maximum absolute atomic E-state index is 11.2. The van der Waals surface area contributed by atoms with Gasteiger partial charge in [0.2, 0.25) is 0 Å². The molecule has 0 unspecified atom stereocenters. The molecule has 5 nitrogen and oxygen atoms in total. The van der Waals surface area contributed by atoms with Gasteiger partial charge in [0.15, 0.2) is 0 Å². The quantitative estimate of drug-likeness (QED) is 0.378. The van der Waals surface area contributed by atoms with E-state index in [2.05, 4.69) is 13.2 Å². The summed E-state index contributed by atoms with van der Waals surface area (Å²) in [5.41, 5.74) is 0.239. The van der Waals surface area contributed by atoms with Crippen LogP contribution in [0.25, 0.3) is 0 Å². The predicted octanol–water partition coefficient (Wildman–Crippen LogP) is 0.994. The summed E-state index contributed by atoms with van der Waals surface area (Å²) in [4.78, 5) is 11.2. The lowest BCUT2D eigenvalue weighted by Gasteiger charge is -2.22. The van der Waals surface area contributed by atoms with Gasteiger partial charge in [0, 0.05) is 19.8 Å². The fraction of sp³-hybridized carbons (Fsp3) is 0.375. The number of carbonyl (C=O) groups excluding carboxylic acids is 1. The summed E-state index contributed by atoms with van der Waals surface area (Å²) < 4.78 is 19.6. The van der Waals surface area contributed by atoms with E-state index in [1.807, 2.05) is 0 Å². The topological polar surface area (TPSA) is 54.0 Å². The zero-order valence-electron chi connectivity index (χ0n) is 8.53. The highest BCUT2D eigenvalue weighted by Crippen LogP contribution is 2.11. The molecule has 0 bridgehead atoms. The molecule has 0 saturated carbocycles. The molecule has 0 rings (SSSR count). The van der Waals surface area contributed by atoms with Crippen LogP contribution in [0.4, 0.5) is 0 Å². The van der Waals surface area contributed by atoms with Crippen LogP contribution in [0.2, 0.25) is 0 Å². The van der Waals surface area contributed by atoms with Gasteiger partial charge in [-0.3, -0.25) is 0 Å². The van der Waals surface area contributed by atoms with Gasteiger partial charge in [-0.15, -0.1) is 0 Å². The summed E-state index contributed by atoms with van der Waals surface area (Å²) in [5, 5.41) is 0. The molecule has 0 heterocycles. The lowest BCUT2D eigenvalue weighted by Crippen LogP contribution is -2.47. The van der Waals surface area contributed by atoms with Crippen molar-refractivity contribution >= 4 is 15.0 Å². The second-order valence-corrected chi connectivity index (χ2v) is 4.62. The van der Waals surface area contributed by atoms with Crippen LogP contribution in [0.1, 0.15) is 6.92 Å². The van der Waals surface area contributed by atoms with Gasteiger partial charge in [0.25, 0.3) is 0 Å². The zero-order chi connectivity index (χ0) is 11.2. The molecule has 80 valence electrons. The molecule has 0 atom stereocenters. The van der Waals surface area contributed by atoms with Gasteiger partial charge in [-0.1, -0.05) is 13.2 Å². The van der Waals surface area contributed by atoms with E-state index >= 15 is 0 Å². The molecule has 0 aromatic rings. The van der Waals surface area contributed by atoms with Crippen LogP contribution in [-0.2, 0) is 22.5 Å². The molecule has 0 aromatic heterocycles. The van der Waals surface area contributed by atoms with Crippen molar-refractivity contribution in [2.45, 2.75) is 6.92 Å². The Hall–Kier alpha value is -1.11. The minimum Gasteiger partial charge on any atom is -0.478 e. The highest BCUT2D eigenvalue weighted by atomic mass is 28.4. The molecule has 0 aliphatic carbocycles. The summed E-state index contributed by atoms with van der Waals surface area (Å²) in [6, 6.07) is 0. The van der Waals surface area contributed by atoms with Crippen molar-refractivity contribution in [1.82, 2.24) is 0 Å². The molecule has 0 fully saturated rings. The maximum atomic E-state index is 11.2. The largest absolute Gasteiger partial charge is 0.822 e. The van der Waals surface area contributed by atoms with Gasteiger partial charge in [-0.05, 0) is 6.92 Å². The van der Waals surface area contributed by atoms with E-state index in [1.54, 1.807) is 0 Å². The summed E-state index contributed by atoms with van der Waals surface area (Å²) in [6.07, 6.45) is 1.10. The average molecular weight is 218 g/mol. The molecule has 0 radical (unpaired) electrons. The van der Waals surface area contributed by atoms with E-state index in [0.29, 0.717) is 0 Å². The first-order valence-corrected chi connectivity index (χ1v) is 5.42. The molecular formula is C8H14O5Si. The van der Waals surface area contributed by atoms with Crippen LogP contribution in [0.3, 0.4) is 0 Å². The molecular weight excluding hydrogens is 204 g/mol. The Morgan fingerprint density at radius 3 is 2.14 bits per heavy atom. The Kier molecular flexibility index (Phi) is 5.14. The van der Waals surface area contributed by atoms with Crippen molar-refractivity contribution in [3.05, 3.63) is 25.0 Å². The van der Waals surface area contributed by atoms with E-state index in [0.717, 1.165) is 6.26 Å². The number of hydrogen-bond acceptors (Lipinski definition) is 5. The number of carbonyl (C=O) groups is 1. The fourth-order valence-corrected chi connectivity index (χ4v) is 1.77. The molecule has 0 saturated heterocycles. The van der Waals surface area contributed by atoms with Crippen molar-refractivity contribution in [3.8, 4) is 0 Å². The first kappa shape index (κ1) is 12.9. The molecule has 14 heavy (non-hydrogen) atoms. The Labute approximate surface area is 84.4 Å². The second-order valence-electron chi connectivity index (χ2n) is 2.36. The van der Waals surface area contributed by atoms with Gasteiger partial charge in [-0.25, -0.2) is 4.79 Å². The van der Waals surface area contributed by atoms with Crippen molar-refractivity contribution in [2.24, 2.45) is 0 Å². The lowest BCUT2D eigenvalue weighted by atomic mass is 10.4. The summed E-state index contributed by atoms with van der Waals surface area (Å²) in [5.74, 6) is -0.623. The van der Waals surface area contributed by atoms with Gasteiger partial charge in [0.1, 0.15) is 0 Å². The minimum absolute atomic E-state index is 0.239. The zero-order valence-corrected chi connectivity index (χ0v) is 9.53. The summed E-state index contributed by atoms with van der Waals surface area (Å²) in [6.45, 7) is 8.27.